The molecule has 2 aliphatic rings. The molecule has 1 aromatic carbocycles. The standard InChI is InChI=1S/C19H22N4O3S/c1-26-17(24)11-16-18(25)21-19(27-16)22-20-12-14-7-3-4-8-15(14)13-23-9-5-2-6-10-23/h3-4,7-8,11-12H,2,5-6,9-10,13H2,1H3,(H,21,22,25)/b16-11+,20-12?. The summed E-state index contributed by atoms with van der Waals surface area (Å²) in [5.41, 5.74) is 2.21. The molecule has 0 atom stereocenters. The van der Waals surface area contributed by atoms with Gasteiger partial charge in [-0.3, -0.25) is 15.0 Å². The number of hydrogen-bond acceptors (Lipinski definition) is 7. The van der Waals surface area contributed by atoms with Gasteiger partial charge in [0, 0.05) is 12.6 Å². The number of nitrogens with zero attached hydrogens (tertiary/aromatic N) is 3. The number of thioether (sulfide) groups is 1. The number of methoxy groups -OCH3 is 1. The van der Waals surface area contributed by atoms with Crippen LogP contribution >= 0.6 is 11.8 Å². The van der Waals surface area contributed by atoms with Gasteiger partial charge in [0.25, 0.3) is 5.91 Å². The minimum atomic E-state index is -0.580. The SMILES string of the molecule is COC(=O)/C=C1/S/C(=N\N=Cc2ccccc2CN2CCCCC2)NC1=O. The monoisotopic (exact) mass is 386 g/mol. The van der Waals surface area contributed by atoms with Gasteiger partial charge < -0.3 is 4.74 Å². The zero-order chi connectivity index (χ0) is 19.1. The minimum absolute atomic E-state index is 0.237. The summed E-state index contributed by atoms with van der Waals surface area (Å²) >= 11 is 1.06. The molecular formula is C19H22N4O3S. The Balaban J connectivity index is 1.66. The number of hydrogen-bond donors (Lipinski definition) is 1. The van der Waals surface area contributed by atoms with Crippen LogP contribution in [0.3, 0.4) is 0 Å². The Bertz CT molecular complexity index is 798. The summed E-state index contributed by atoms with van der Waals surface area (Å²) in [7, 11) is 1.26. The Morgan fingerprint density at radius 2 is 2.07 bits per heavy atom. The molecule has 7 nitrogen and oxygen atoms in total. The molecule has 27 heavy (non-hydrogen) atoms. The van der Waals surface area contributed by atoms with Crippen molar-refractivity contribution in [3.05, 3.63) is 46.4 Å². The zero-order valence-electron chi connectivity index (χ0n) is 15.2. The second kappa shape index (κ2) is 9.48. The Morgan fingerprint density at radius 1 is 1.30 bits per heavy atom. The number of carbonyl (C=O) groups is 2. The van der Waals surface area contributed by atoms with Crippen molar-refractivity contribution < 1.29 is 14.3 Å². The summed E-state index contributed by atoms with van der Waals surface area (Å²) in [4.78, 5) is 25.7. The highest BCUT2D eigenvalue weighted by Crippen LogP contribution is 2.23. The van der Waals surface area contributed by atoms with Gasteiger partial charge in [-0.1, -0.05) is 30.7 Å². The Kier molecular flexibility index (Phi) is 6.78. The van der Waals surface area contributed by atoms with Crippen LogP contribution in [-0.4, -0.2) is 48.4 Å². The van der Waals surface area contributed by atoms with Crippen LogP contribution in [0.15, 0.2) is 45.4 Å². The number of esters is 1. The first-order chi connectivity index (χ1) is 13.2. The molecule has 0 spiro atoms. The van der Waals surface area contributed by atoms with Gasteiger partial charge in [0.15, 0.2) is 5.17 Å². The van der Waals surface area contributed by atoms with Crippen molar-refractivity contribution in [3.8, 4) is 0 Å². The average molecular weight is 386 g/mol. The van der Waals surface area contributed by atoms with Gasteiger partial charge in [0.05, 0.1) is 18.2 Å². The van der Waals surface area contributed by atoms with Crippen LogP contribution in [0.2, 0.25) is 0 Å². The van der Waals surface area contributed by atoms with Crippen LogP contribution in [0.25, 0.3) is 0 Å². The molecule has 142 valence electrons. The van der Waals surface area contributed by atoms with E-state index in [0.717, 1.165) is 43.0 Å². The molecular weight excluding hydrogens is 364 g/mol. The third-order valence-electron chi connectivity index (χ3n) is 4.34. The lowest BCUT2D eigenvalue weighted by Gasteiger charge is -2.26. The van der Waals surface area contributed by atoms with Crippen molar-refractivity contribution in [2.45, 2.75) is 25.8 Å². The average Bonchev–Trinajstić information content (AvgIpc) is 3.03. The number of carbonyl (C=O) groups excluding carboxylic acids is 2. The maximum atomic E-state index is 11.8. The minimum Gasteiger partial charge on any atom is -0.466 e. The summed E-state index contributed by atoms with van der Waals surface area (Å²) in [6.45, 7) is 3.16. The molecule has 0 unspecified atom stereocenters. The van der Waals surface area contributed by atoms with E-state index in [1.165, 1.54) is 31.9 Å². The van der Waals surface area contributed by atoms with Crippen molar-refractivity contribution >= 4 is 35.0 Å². The fourth-order valence-electron chi connectivity index (χ4n) is 2.95. The molecule has 0 saturated carbocycles. The lowest BCUT2D eigenvalue weighted by molar-refractivity contribution is -0.135. The van der Waals surface area contributed by atoms with Gasteiger partial charge in [-0.05, 0) is 48.8 Å². The van der Waals surface area contributed by atoms with Gasteiger partial charge >= 0.3 is 5.97 Å². The fraction of sp³-hybridized carbons (Fsp3) is 0.368. The molecule has 0 aromatic heterocycles. The van der Waals surface area contributed by atoms with Gasteiger partial charge in [-0.15, -0.1) is 5.10 Å². The number of ether oxygens (including phenoxy) is 1. The summed E-state index contributed by atoms with van der Waals surface area (Å²) < 4.78 is 4.53. The first kappa shape index (κ1) is 19.3. The predicted molar refractivity (Wildman–Crippen MR) is 106 cm³/mol. The van der Waals surface area contributed by atoms with E-state index in [9.17, 15) is 9.59 Å². The van der Waals surface area contributed by atoms with E-state index in [4.69, 9.17) is 0 Å². The molecule has 2 fully saturated rings. The number of likely N-dealkylation sites (tertiary alicyclic amines) is 1. The Labute approximate surface area is 162 Å². The van der Waals surface area contributed by atoms with Crippen LogP contribution in [0.5, 0.6) is 0 Å². The lowest BCUT2D eigenvalue weighted by Crippen LogP contribution is -2.29. The maximum Gasteiger partial charge on any atom is 0.331 e. The van der Waals surface area contributed by atoms with Crippen molar-refractivity contribution in [1.29, 1.82) is 0 Å². The molecule has 0 radical (unpaired) electrons. The number of piperidine rings is 1. The van der Waals surface area contributed by atoms with Crippen molar-refractivity contribution in [2.75, 3.05) is 20.2 Å². The maximum absolute atomic E-state index is 11.8. The van der Waals surface area contributed by atoms with Crippen LogP contribution in [0.1, 0.15) is 30.4 Å². The second-order valence-electron chi connectivity index (χ2n) is 6.27. The van der Waals surface area contributed by atoms with Gasteiger partial charge in [0.2, 0.25) is 0 Å². The fourth-order valence-corrected chi connectivity index (χ4v) is 3.69. The van der Waals surface area contributed by atoms with Crippen LogP contribution in [0, 0.1) is 0 Å². The van der Waals surface area contributed by atoms with Crippen molar-refractivity contribution in [1.82, 2.24) is 10.2 Å². The molecule has 2 saturated heterocycles. The number of nitrogens with one attached hydrogen (secondary N) is 1. The molecule has 1 aromatic rings. The van der Waals surface area contributed by atoms with Crippen LogP contribution < -0.4 is 5.32 Å². The summed E-state index contributed by atoms with van der Waals surface area (Å²) in [5, 5.41) is 11.1. The van der Waals surface area contributed by atoms with E-state index in [-0.39, 0.29) is 10.8 Å². The molecule has 1 N–H and O–H groups in total. The van der Waals surface area contributed by atoms with Gasteiger partial charge in [0.1, 0.15) is 0 Å². The second-order valence-corrected chi connectivity index (χ2v) is 7.30. The highest BCUT2D eigenvalue weighted by molar-refractivity contribution is 8.18. The van der Waals surface area contributed by atoms with E-state index in [2.05, 4.69) is 31.2 Å². The number of rotatable bonds is 5. The Hall–Kier alpha value is -2.45. The molecule has 3 rings (SSSR count). The van der Waals surface area contributed by atoms with E-state index < -0.39 is 5.97 Å². The molecule has 2 aliphatic heterocycles. The highest BCUT2D eigenvalue weighted by Gasteiger charge is 2.25. The van der Waals surface area contributed by atoms with Crippen molar-refractivity contribution in [2.24, 2.45) is 10.2 Å². The molecule has 1 amide bonds. The van der Waals surface area contributed by atoms with E-state index in [1.807, 2.05) is 18.2 Å². The largest absolute Gasteiger partial charge is 0.466 e. The van der Waals surface area contributed by atoms with Gasteiger partial charge in [-0.2, -0.15) is 5.10 Å². The topological polar surface area (TPSA) is 83.4 Å². The van der Waals surface area contributed by atoms with Crippen molar-refractivity contribution in [3.63, 3.8) is 0 Å². The number of amidine groups is 1. The molecule has 0 bridgehead atoms. The van der Waals surface area contributed by atoms with Crippen LogP contribution in [0.4, 0.5) is 0 Å². The smallest absolute Gasteiger partial charge is 0.331 e. The zero-order valence-corrected chi connectivity index (χ0v) is 16.0. The first-order valence-corrected chi connectivity index (χ1v) is 9.67. The lowest BCUT2D eigenvalue weighted by atomic mass is 10.1. The number of amides is 1. The first-order valence-electron chi connectivity index (χ1n) is 8.86. The highest BCUT2D eigenvalue weighted by atomic mass is 32.2. The predicted octanol–water partition coefficient (Wildman–Crippen LogP) is 2.28. The van der Waals surface area contributed by atoms with E-state index >= 15 is 0 Å². The van der Waals surface area contributed by atoms with Gasteiger partial charge in [-0.25, -0.2) is 4.79 Å². The Morgan fingerprint density at radius 3 is 2.85 bits per heavy atom. The summed E-state index contributed by atoms with van der Waals surface area (Å²) in [5.74, 6) is -0.964. The molecule has 8 heteroatoms. The quantitative estimate of drug-likeness (QED) is 0.363. The summed E-state index contributed by atoms with van der Waals surface area (Å²) in [6, 6.07) is 8.11. The number of benzene rings is 1. The molecule has 0 aliphatic carbocycles. The third-order valence-corrected chi connectivity index (χ3v) is 5.24. The third kappa shape index (κ3) is 5.51. The normalized spacial score (nSPS) is 21.1. The van der Waals surface area contributed by atoms with Crippen LogP contribution in [-0.2, 0) is 20.9 Å². The van der Waals surface area contributed by atoms with E-state index in [0.29, 0.717) is 5.17 Å². The molecule has 2 heterocycles. The summed E-state index contributed by atoms with van der Waals surface area (Å²) in [6.07, 6.45) is 6.65. The van der Waals surface area contributed by atoms with E-state index in [1.54, 1.807) is 6.21 Å².